The number of amides is 1. The van der Waals surface area contributed by atoms with Crippen LogP contribution in [0.5, 0.6) is 0 Å². The quantitative estimate of drug-likeness (QED) is 0.855. The lowest BCUT2D eigenvalue weighted by atomic mass is 10.1. The maximum atomic E-state index is 12.5. The maximum Gasteiger partial charge on any atom is 0.226 e. The predicted molar refractivity (Wildman–Crippen MR) is 81.0 cm³/mol. The topological polar surface area (TPSA) is 23.6 Å². The molecule has 3 nitrogen and oxygen atoms in total. The number of hydrogen-bond acceptors (Lipinski definition) is 2. The fourth-order valence-electron chi connectivity index (χ4n) is 3.11. The van der Waals surface area contributed by atoms with Crippen LogP contribution in [0.3, 0.4) is 0 Å². The Labute approximate surface area is 125 Å². The van der Waals surface area contributed by atoms with Gasteiger partial charge in [-0.1, -0.05) is 36.7 Å². The van der Waals surface area contributed by atoms with Gasteiger partial charge in [-0.25, -0.2) is 0 Å². The van der Waals surface area contributed by atoms with Crippen LogP contribution in [0.2, 0.25) is 5.02 Å². The van der Waals surface area contributed by atoms with Gasteiger partial charge in [0.2, 0.25) is 5.91 Å². The third kappa shape index (κ3) is 2.70. The largest absolute Gasteiger partial charge is 0.340 e. The lowest BCUT2D eigenvalue weighted by Gasteiger charge is -2.34. The molecule has 3 rings (SSSR count). The molecular formula is C16H21ClN2O. The number of hydrogen-bond donors (Lipinski definition) is 0. The highest BCUT2D eigenvalue weighted by atomic mass is 35.5. The third-order valence-corrected chi connectivity index (χ3v) is 4.89. The molecule has 0 spiro atoms. The predicted octanol–water partition coefficient (Wildman–Crippen LogP) is 2.61. The van der Waals surface area contributed by atoms with Crippen molar-refractivity contribution in [3.63, 3.8) is 0 Å². The molecule has 0 radical (unpaired) electrons. The van der Waals surface area contributed by atoms with Crippen molar-refractivity contribution in [3.8, 4) is 0 Å². The van der Waals surface area contributed by atoms with Gasteiger partial charge >= 0.3 is 0 Å². The molecule has 2 unspecified atom stereocenters. The fourth-order valence-corrected chi connectivity index (χ4v) is 3.38. The molecular weight excluding hydrogens is 272 g/mol. The number of halogens is 1. The first-order chi connectivity index (χ1) is 9.70. The van der Waals surface area contributed by atoms with Gasteiger partial charge in [-0.15, -0.1) is 0 Å². The highest BCUT2D eigenvalue weighted by molar-refractivity contribution is 6.31. The van der Waals surface area contributed by atoms with Crippen molar-refractivity contribution in [3.05, 3.63) is 34.9 Å². The lowest BCUT2D eigenvalue weighted by Crippen LogP contribution is -2.49. The summed E-state index contributed by atoms with van der Waals surface area (Å²) in [5.74, 6) is 0.814. The number of nitrogens with zero attached hydrogens (tertiary/aromatic N) is 2. The van der Waals surface area contributed by atoms with Crippen molar-refractivity contribution in [2.24, 2.45) is 5.92 Å². The summed E-state index contributed by atoms with van der Waals surface area (Å²) in [6.45, 7) is 7.01. The van der Waals surface area contributed by atoms with Crippen molar-refractivity contribution in [2.75, 3.05) is 32.7 Å². The monoisotopic (exact) mass is 292 g/mol. The molecule has 1 aromatic carbocycles. The number of carbonyl (C=O) groups is 1. The molecule has 0 N–H and O–H groups in total. The Balaban J connectivity index is 1.60. The van der Waals surface area contributed by atoms with Crippen LogP contribution >= 0.6 is 11.6 Å². The molecule has 2 aliphatic rings. The third-order valence-electron chi connectivity index (χ3n) is 4.54. The van der Waals surface area contributed by atoms with Gasteiger partial charge in [0, 0.05) is 37.1 Å². The maximum absolute atomic E-state index is 12.5. The summed E-state index contributed by atoms with van der Waals surface area (Å²) < 4.78 is 0. The van der Waals surface area contributed by atoms with Crippen molar-refractivity contribution < 1.29 is 4.79 Å². The molecule has 1 aromatic rings. The smallest absolute Gasteiger partial charge is 0.226 e. The Kier molecular flexibility index (Phi) is 3.99. The van der Waals surface area contributed by atoms with Crippen LogP contribution in [-0.2, 0) is 4.79 Å². The number of likely N-dealkylation sites (N-methyl/N-ethyl adjacent to an activating group) is 1. The Morgan fingerprint density at radius 3 is 2.60 bits per heavy atom. The average molecular weight is 293 g/mol. The molecule has 2 atom stereocenters. The highest BCUT2D eigenvalue weighted by Gasteiger charge is 2.46. The summed E-state index contributed by atoms with van der Waals surface area (Å²) >= 11 is 6.22. The molecule has 0 bridgehead atoms. The Bertz CT molecular complexity index is 497. The first-order valence-corrected chi connectivity index (χ1v) is 7.84. The second-order valence-electron chi connectivity index (χ2n) is 5.73. The lowest BCUT2D eigenvalue weighted by molar-refractivity contribution is -0.134. The molecule has 1 heterocycles. The van der Waals surface area contributed by atoms with Crippen molar-refractivity contribution in [1.82, 2.24) is 9.80 Å². The van der Waals surface area contributed by atoms with Gasteiger partial charge in [0.15, 0.2) is 0 Å². The van der Waals surface area contributed by atoms with Crippen LogP contribution in [0.4, 0.5) is 0 Å². The highest BCUT2D eigenvalue weighted by Crippen LogP contribution is 2.50. The van der Waals surface area contributed by atoms with Crippen molar-refractivity contribution in [1.29, 1.82) is 0 Å². The number of carbonyl (C=O) groups excluding carboxylic acids is 1. The van der Waals surface area contributed by atoms with E-state index in [1.165, 1.54) is 0 Å². The summed E-state index contributed by atoms with van der Waals surface area (Å²) in [5, 5.41) is 0.795. The average Bonchev–Trinajstić information content (AvgIpc) is 3.27. The van der Waals surface area contributed by atoms with Gasteiger partial charge in [-0.05, 0) is 30.5 Å². The van der Waals surface area contributed by atoms with Crippen LogP contribution in [0.1, 0.15) is 24.8 Å². The summed E-state index contributed by atoms with van der Waals surface area (Å²) in [6, 6.07) is 7.90. The minimum absolute atomic E-state index is 0.156. The van der Waals surface area contributed by atoms with Gasteiger partial charge in [0.1, 0.15) is 0 Å². The van der Waals surface area contributed by atoms with E-state index in [2.05, 4.69) is 17.9 Å². The summed E-state index contributed by atoms with van der Waals surface area (Å²) in [4.78, 5) is 16.9. The number of rotatable bonds is 3. The minimum Gasteiger partial charge on any atom is -0.340 e. The zero-order valence-corrected chi connectivity index (χ0v) is 12.6. The Morgan fingerprint density at radius 1 is 1.25 bits per heavy atom. The second kappa shape index (κ2) is 5.74. The van der Waals surface area contributed by atoms with E-state index in [1.54, 1.807) is 0 Å². The normalized spacial score (nSPS) is 26.6. The first kappa shape index (κ1) is 13.9. The molecule has 0 aromatic heterocycles. The first-order valence-electron chi connectivity index (χ1n) is 7.46. The fraction of sp³-hybridized carbons (Fsp3) is 0.562. The molecule has 1 saturated carbocycles. The van der Waals surface area contributed by atoms with E-state index >= 15 is 0 Å². The molecule has 1 aliphatic carbocycles. The van der Waals surface area contributed by atoms with E-state index in [9.17, 15) is 4.79 Å². The van der Waals surface area contributed by atoms with Crippen molar-refractivity contribution in [2.45, 2.75) is 19.3 Å². The molecule has 1 saturated heterocycles. The van der Waals surface area contributed by atoms with E-state index in [0.717, 1.165) is 49.7 Å². The van der Waals surface area contributed by atoms with E-state index in [-0.39, 0.29) is 5.92 Å². The van der Waals surface area contributed by atoms with Crippen molar-refractivity contribution >= 4 is 17.5 Å². The molecule has 4 heteroatoms. The standard InChI is InChI=1S/C16H21ClN2O/c1-2-18-7-9-19(10-8-18)16(20)14-11-13(14)12-5-3-4-6-15(12)17/h3-6,13-14H,2,7-11H2,1H3. The van der Waals surface area contributed by atoms with Crippen LogP contribution in [0.25, 0.3) is 0 Å². The molecule has 20 heavy (non-hydrogen) atoms. The summed E-state index contributed by atoms with van der Waals surface area (Å²) in [5.41, 5.74) is 1.14. The van der Waals surface area contributed by atoms with Crippen LogP contribution in [0.15, 0.2) is 24.3 Å². The SMILES string of the molecule is CCN1CCN(C(=O)C2CC2c2ccccc2Cl)CC1. The van der Waals surface area contributed by atoms with E-state index < -0.39 is 0 Å². The zero-order valence-electron chi connectivity index (χ0n) is 11.9. The minimum atomic E-state index is 0.156. The van der Waals surface area contributed by atoms with Gasteiger partial charge in [-0.2, -0.15) is 0 Å². The van der Waals surface area contributed by atoms with Crippen LogP contribution in [0, 0.1) is 5.92 Å². The zero-order chi connectivity index (χ0) is 14.1. The number of piperazine rings is 1. The van der Waals surface area contributed by atoms with Gasteiger partial charge in [0.05, 0.1) is 0 Å². The van der Waals surface area contributed by atoms with Gasteiger partial charge in [0.25, 0.3) is 0 Å². The van der Waals surface area contributed by atoms with Crippen LogP contribution < -0.4 is 0 Å². The Hall–Kier alpha value is -1.06. The summed E-state index contributed by atoms with van der Waals surface area (Å²) in [6.07, 6.45) is 0.955. The second-order valence-corrected chi connectivity index (χ2v) is 6.14. The molecule has 108 valence electrons. The van der Waals surface area contributed by atoms with Gasteiger partial charge < -0.3 is 9.80 Å². The molecule has 2 fully saturated rings. The van der Waals surface area contributed by atoms with E-state index in [0.29, 0.717) is 11.8 Å². The van der Waals surface area contributed by atoms with Gasteiger partial charge in [-0.3, -0.25) is 4.79 Å². The van der Waals surface area contributed by atoms with E-state index in [4.69, 9.17) is 11.6 Å². The molecule has 1 amide bonds. The molecule has 1 aliphatic heterocycles. The van der Waals surface area contributed by atoms with Crippen LogP contribution in [-0.4, -0.2) is 48.4 Å². The summed E-state index contributed by atoms with van der Waals surface area (Å²) in [7, 11) is 0. The Morgan fingerprint density at radius 2 is 1.95 bits per heavy atom. The number of benzene rings is 1. The van der Waals surface area contributed by atoms with E-state index in [1.807, 2.05) is 23.1 Å².